The van der Waals surface area contributed by atoms with Gasteiger partial charge in [-0.1, -0.05) is 24.3 Å². The van der Waals surface area contributed by atoms with Crippen molar-refractivity contribution in [3.8, 4) is 5.75 Å². The summed E-state index contributed by atoms with van der Waals surface area (Å²) < 4.78 is 10.8. The van der Waals surface area contributed by atoms with E-state index < -0.39 is 0 Å². The highest BCUT2D eigenvalue weighted by molar-refractivity contribution is 5.98. The normalized spacial score (nSPS) is 17.1. The summed E-state index contributed by atoms with van der Waals surface area (Å²) in [5.41, 5.74) is 4.52. The van der Waals surface area contributed by atoms with Gasteiger partial charge < -0.3 is 14.8 Å². The van der Waals surface area contributed by atoms with Gasteiger partial charge in [-0.25, -0.2) is 0 Å². The van der Waals surface area contributed by atoms with Gasteiger partial charge in [0.25, 0.3) is 0 Å². The lowest BCUT2D eigenvalue weighted by molar-refractivity contribution is -0.121. The highest BCUT2D eigenvalue weighted by atomic mass is 16.5. The number of aryl methyl sites for hydroxylation is 2. The van der Waals surface area contributed by atoms with E-state index in [2.05, 4.69) is 16.3 Å². The van der Waals surface area contributed by atoms with Crippen molar-refractivity contribution in [3.05, 3.63) is 64.7 Å². The Hall–Kier alpha value is -2.70. The van der Waals surface area contributed by atoms with Crippen LogP contribution in [0.2, 0.25) is 0 Å². The fourth-order valence-electron chi connectivity index (χ4n) is 4.75. The van der Waals surface area contributed by atoms with E-state index >= 15 is 0 Å². The third-order valence-corrected chi connectivity index (χ3v) is 6.73. The van der Waals surface area contributed by atoms with Crippen LogP contribution in [0.5, 0.6) is 5.75 Å². The minimum absolute atomic E-state index is 0.0402. The Morgan fingerprint density at radius 2 is 1.73 bits per heavy atom. The van der Waals surface area contributed by atoms with E-state index in [4.69, 9.17) is 9.47 Å². The average molecular weight is 451 g/mol. The molecule has 33 heavy (non-hydrogen) atoms. The van der Waals surface area contributed by atoms with Crippen LogP contribution < -0.4 is 10.1 Å². The summed E-state index contributed by atoms with van der Waals surface area (Å²) in [5.74, 6) is 0.760. The van der Waals surface area contributed by atoms with Crippen LogP contribution in [0.15, 0.2) is 42.5 Å². The number of methoxy groups -OCH3 is 1. The number of ketones is 1. The first kappa shape index (κ1) is 23.5. The number of benzene rings is 2. The highest BCUT2D eigenvalue weighted by Crippen LogP contribution is 2.25. The molecule has 4 rings (SSSR count). The summed E-state index contributed by atoms with van der Waals surface area (Å²) in [6.45, 7) is 3.52. The van der Waals surface area contributed by atoms with Gasteiger partial charge >= 0.3 is 0 Å². The van der Waals surface area contributed by atoms with E-state index in [1.54, 1.807) is 7.11 Å². The molecule has 1 aliphatic heterocycles. The van der Waals surface area contributed by atoms with Crippen molar-refractivity contribution in [3.63, 3.8) is 0 Å². The van der Waals surface area contributed by atoms with E-state index in [0.29, 0.717) is 19.8 Å². The molecule has 1 aliphatic carbocycles. The number of nitrogens with one attached hydrogen (secondary N) is 1. The molecular formula is C27H34N2O4. The number of Topliss-reactive ketones (excluding diaryl/α,β-unsaturated/α-hetero) is 1. The quantitative estimate of drug-likeness (QED) is 0.590. The number of amides is 1. The number of nitrogens with zero attached hydrogens (tertiary/aromatic N) is 1. The molecule has 2 aromatic rings. The molecular weight excluding hydrogens is 416 g/mol. The zero-order valence-electron chi connectivity index (χ0n) is 19.5. The van der Waals surface area contributed by atoms with E-state index in [-0.39, 0.29) is 30.6 Å². The topological polar surface area (TPSA) is 67.9 Å². The van der Waals surface area contributed by atoms with Crippen LogP contribution in [0.1, 0.15) is 58.8 Å². The lowest BCUT2D eigenvalue weighted by Crippen LogP contribution is -2.43. The molecule has 1 unspecified atom stereocenters. The van der Waals surface area contributed by atoms with E-state index in [1.165, 1.54) is 24.0 Å². The lowest BCUT2D eigenvalue weighted by atomic mass is 9.89. The average Bonchev–Trinajstić information content (AvgIpc) is 2.88. The Morgan fingerprint density at radius 3 is 2.45 bits per heavy atom. The summed E-state index contributed by atoms with van der Waals surface area (Å²) in [4.78, 5) is 27.6. The van der Waals surface area contributed by atoms with Gasteiger partial charge in [-0.15, -0.1) is 0 Å². The van der Waals surface area contributed by atoms with Crippen LogP contribution in [0.25, 0.3) is 0 Å². The standard InChI is InChI=1S/C27H34N2O4/c1-32-24-10-8-21(9-11-24)25(29-14-16-33-17-15-29)19-28-27(31)13-12-26(30)23-7-6-20-4-2-3-5-22(20)18-23/h6-11,18,25H,2-5,12-17,19H2,1H3,(H,28,31). The van der Waals surface area contributed by atoms with Gasteiger partial charge in [0.15, 0.2) is 5.78 Å². The second kappa shape index (κ2) is 11.4. The van der Waals surface area contributed by atoms with Gasteiger partial charge in [0.2, 0.25) is 5.91 Å². The predicted octanol–water partition coefficient (Wildman–Crippen LogP) is 3.73. The first-order chi connectivity index (χ1) is 16.1. The molecule has 6 nitrogen and oxygen atoms in total. The molecule has 1 saturated heterocycles. The Kier molecular flexibility index (Phi) is 8.13. The minimum Gasteiger partial charge on any atom is -0.497 e. The maximum Gasteiger partial charge on any atom is 0.220 e. The molecule has 176 valence electrons. The van der Waals surface area contributed by atoms with Crippen molar-refractivity contribution in [2.24, 2.45) is 0 Å². The van der Waals surface area contributed by atoms with Crippen LogP contribution in [-0.2, 0) is 22.4 Å². The van der Waals surface area contributed by atoms with E-state index in [0.717, 1.165) is 42.8 Å². The predicted molar refractivity (Wildman–Crippen MR) is 128 cm³/mol. The van der Waals surface area contributed by atoms with Crippen molar-refractivity contribution in [2.75, 3.05) is 40.0 Å². The van der Waals surface area contributed by atoms with Crippen LogP contribution in [0, 0.1) is 0 Å². The first-order valence-corrected chi connectivity index (χ1v) is 12.0. The molecule has 1 heterocycles. The molecule has 6 heteroatoms. The van der Waals surface area contributed by atoms with E-state index in [1.807, 2.05) is 36.4 Å². The number of morpholine rings is 1. The van der Waals surface area contributed by atoms with Crippen LogP contribution in [-0.4, -0.2) is 56.5 Å². The number of hydrogen-bond donors (Lipinski definition) is 1. The SMILES string of the molecule is COc1ccc(C(CNC(=O)CCC(=O)c2ccc3c(c2)CCCC3)N2CCOCC2)cc1. The summed E-state index contributed by atoms with van der Waals surface area (Å²) in [7, 11) is 1.65. The second-order valence-electron chi connectivity index (χ2n) is 8.86. The smallest absolute Gasteiger partial charge is 0.220 e. The summed E-state index contributed by atoms with van der Waals surface area (Å²) in [5, 5.41) is 3.06. The molecule has 0 bridgehead atoms. The molecule has 1 atom stereocenters. The molecule has 1 N–H and O–H groups in total. The fraction of sp³-hybridized carbons (Fsp3) is 0.481. The number of hydrogen-bond acceptors (Lipinski definition) is 5. The fourth-order valence-corrected chi connectivity index (χ4v) is 4.75. The molecule has 1 amide bonds. The Bertz CT molecular complexity index is 951. The van der Waals surface area contributed by atoms with Crippen molar-refractivity contribution in [1.82, 2.24) is 10.2 Å². The van der Waals surface area contributed by atoms with Gasteiger partial charge in [-0.3, -0.25) is 14.5 Å². The first-order valence-electron chi connectivity index (χ1n) is 12.0. The Labute approximate surface area is 196 Å². The Morgan fingerprint density at radius 1 is 1.00 bits per heavy atom. The molecule has 0 spiro atoms. The molecule has 0 radical (unpaired) electrons. The van der Waals surface area contributed by atoms with Crippen molar-refractivity contribution < 1.29 is 19.1 Å². The van der Waals surface area contributed by atoms with Crippen LogP contribution in [0.4, 0.5) is 0 Å². The number of ether oxygens (including phenoxy) is 2. The van der Waals surface area contributed by atoms with Gasteiger partial charge in [0, 0.05) is 38.0 Å². The Balaban J connectivity index is 1.32. The summed E-state index contributed by atoms with van der Waals surface area (Å²) in [6, 6.07) is 14.1. The van der Waals surface area contributed by atoms with Gasteiger partial charge in [0.1, 0.15) is 5.75 Å². The summed E-state index contributed by atoms with van der Waals surface area (Å²) >= 11 is 0. The van der Waals surface area contributed by atoms with Crippen molar-refractivity contribution in [2.45, 2.75) is 44.6 Å². The minimum atomic E-state index is -0.0897. The number of carbonyl (C=O) groups is 2. The molecule has 1 fully saturated rings. The maximum atomic E-state index is 12.7. The van der Waals surface area contributed by atoms with E-state index in [9.17, 15) is 9.59 Å². The summed E-state index contributed by atoms with van der Waals surface area (Å²) in [6.07, 6.45) is 4.99. The van der Waals surface area contributed by atoms with Gasteiger partial charge in [-0.05, 0) is 60.6 Å². The third-order valence-electron chi connectivity index (χ3n) is 6.73. The van der Waals surface area contributed by atoms with Crippen molar-refractivity contribution in [1.29, 1.82) is 0 Å². The zero-order valence-corrected chi connectivity index (χ0v) is 19.5. The highest BCUT2D eigenvalue weighted by Gasteiger charge is 2.23. The van der Waals surface area contributed by atoms with Crippen LogP contribution in [0.3, 0.4) is 0 Å². The van der Waals surface area contributed by atoms with Gasteiger partial charge in [-0.2, -0.15) is 0 Å². The number of fused-ring (bicyclic) bond motifs is 1. The molecule has 2 aliphatic rings. The monoisotopic (exact) mass is 450 g/mol. The number of rotatable bonds is 9. The van der Waals surface area contributed by atoms with Crippen molar-refractivity contribution >= 4 is 11.7 Å². The number of carbonyl (C=O) groups excluding carboxylic acids is 2. The molecule has 2 aromatic carbocycles. The largest absolute Gasteiger partial charge is 0.497 e. The zero-order chi connectivity index (χ0) is 23.0. The maximum absolute atomic E-state index is 12.7. The lowest BCUT2D eigenvalue weighted by Gasteiger charge is -2.35. The second-order valence-corrected chi connectivity index (χ2v) is 8.86. The van der Waals surface area contributed by atoms with Crippen LogP contribution >= 0.6 is 0 Å². The molecule has 0 aromatic heterocycles. The molecule has 0 saturated carbocycles. The van der Waals surface area contributed by atoms with Gasteiger partial charge in [0.05, 0.1) is 26.4 Å². The third kappa shape index (κ3) is 6.21.